The highest BCUT2D eigenvalue weighted by Gasteiger charge is 2.37. The summed E-state index contributed by atoms with van der Waals surface area (Å²) < 4.78 is 6.82. The molecule has 0 unspecified atom stereocenters. The Morgan fingerprint density at radius 3 is 2.41 bits per heavy atom. The molecule has 2 amide bonds. The summed E-state index contributed by atoms with van der Waals surface area (Å²) in [4.78, 5) is 26.3. The van der Waals surface area contributed by atoms with Crippen LogP contribution in [-0.2, 0) is 11.4 Å². The van der Waals surface area contributed by atoms with E-state index in [4.69, 9.17) is 4.74 Å². The highest BCUT2D eigenvalue weighted by atomic mass is 79.9. The molecule has 0 aromatic heterocycles. The lowest BCUT2D eigenvalue weighted by Gasteiger charge is -2.19. The first-order valence-electron chi connectivity index (χ1n) is 8.72. The van der Waals surface area contributed by atoms with E-state index in [1.165, 1.54) is 4.90 Å². The maximum atomic E-state index is 12.5. The van der Waals surface area contributed by atoms with Crippen LogP contribution in [0.3, 0.4) is 0 Å². The van der Waals surface area contributed by atoms with Crippen LogP contribution >= 0.6 is 27.7 Å². The van der Waals surface area contributed by atoms with Gasteiger partial charge in [-0.25, -0.2) is 0 Å². The van der Waals surface area contributed by atoms with Gasteiger partial charge in [-0.3, -0.25) is 14.5 Å². The van der Waals surface area contributed by atoms with Crippen LogP contribution in [-0.4, -0.2) is 22.1 Å². The smallest absolute Gasteiger partial charge is 0.293 e. The van der Waals surface area contributed by atoms with Gasteiger partial charge in [-0.1, -0.05) is 47.1 Å². The molecule has 0 spiro atoms. The van der Waals surface area contributed by atoms with Crippen molar-refractivity contribution in [1.29, 1.82) is 0 Å². The minimum Gasteiger partial charge on any atom is -0.489 e. The standard InChI is InChI=1S/C21H20BrNO3S/c1-3-14(2)23-20(24)19(27-21(23)25)12-15-6-10-18(11-7-15)26-13-16-4-8-17(22)9-5-16/h4-12,14H,3,13H2,1-2H3/b19-12+/t14-/m0/s1. The lowest BCUT2D eigenvalue weighted by molar-refractivity contribution is -0.124. The van der Waals surface area contributed by atoms with Gasteiger partial charge in [0.15, 0.2) is 0 Å². The summed E-state index contributed by atoms with van der Waals surface area (Å²) in [5.41, 5.74) is 1.95. The Hall–Kier alpha value is -2.05. The second kappa shape index (κ2) is 8.76. The summed E-state index contributed by atoms with van der Waals surface area (Å²) in [5, 5.41) is -0.199. The molecule has 3 rings (SSSR count). The fourth-order valence-electron chi connectivity index (χ4n) is 2.60. The first-order valence-corrected chi connectivity index (χ1v) is 10.3. The van der Waals surface area contributed by atoms with Crippen LogP contribution in [0.15, 0.2) is 57.9 Å². The summed E-state index contributed by atoms with van der Waals surface area (Å²) >= 11 is 4.41. The summed E-state index contributed by atoms with van der Waals surface area (Å²) in [6, 6.07) is 15.4. The van der Waals surface area contributed by atoms with Crippen LogP contribution in [0.4, 0.5) is 4.79 Å². The van der Waals surface area contributed by atoms with Crippen molar-refractivity contribution in [2.24, 2.45) is 0 Å². The van der Waals surface area contributed by atoms with Gasteiger partial charge >= 0.3 is 0 Å². The Labute approximate surface area is 171 Å². The van der Waals surface area contributed by atoms with E-state index >= 15 is 0 Å². The third-order valence-electron chi connectivity index (χ3n) is 4.35. The number of halogens is 1. The van der Waals surface area contributed by atoms with Gasteiger partial charge in [0.05, 0.1) is 4.91 Å². The molecule has 1 heterocycles. The molecule has 2 aromatic carbocycles. The molecule has 6 heteroatoms. The van der Waals surface area contributed by atoms with Crippen LogP contribution in [0.1, 0.15) is 31.4 Å². The maximum Gasteiger partial charge on any atom is 0.293 e. The van der Waals surface area contributed by atoms with Crippen LogP contribution < -0.4 is 4.74 Å². The Kier molecular flexibility index (Phi) is 6.39. The fourth-order valence-corrected chi connectivity index (χ4v) is 3.80. The van der Waals surface area contributed by atoms with Crippen molar-refractivity contribution in [3.05, 3.63) is 69.0 Å². The Bertz CT molecular complexity index is 862. The first-order chi connectivity index (χ1) is 13.0. The van der Waals surface area contributed by atoms with Gasteiger partial charge in [0, 0.05) is 10.5 Å². The predicted molar refractivity (Wildman–Crippen MR) is 112 cm³/mol. The molecule has 0 radical (unpaired) electrons. The van der Waals surface area contributed by atoms with Gasteiger partial charge in [-0.05, 0) is 66.6 Å². The van der Waals surface area contributed by atoms with Crippen LogP contribution in [0.25, 0.3) is 6.08 Å². The summed E-state index contributed by atoms with van der Waals surface area (Å²) in [5.74, 6) is 0.540. The largest absolute Gasteiger partial charge is 0.489 e. The van der Waals surface area contributed by atoms with Crippen molar-refractivity contribution in [3.63, 3.8) is 0 Å². The molecule has 1 aliphatic rings. The van der Waals surface area contributed by atoms with Crippen molar-refractivity contribution in [2.45, 2.75) is 32.9 Å². The van der Waals surface area contributed by atoms with E-state index in [2.05, 4.69) is 15.9 Å². The van der Waals surface area contributed by atoms with Gasteiger partial charge in [-0.2, -0.15) is 0 Å². The lowest BCUT2D eigenvalue weighted by Crippen LogP contribution is -2.36. The fraction of sp³-hybridized carbons (Fsp3) is 0.238. The third-order valence-corrected chi connectivity index (χ3v) is 5.76. The van der Waals surface area contributed by atoms with Crippen molar-refractivity contribution >= 4 is 44.9 Å². The molecule has 0 saturated carbocycles. The number of imide groups is 1. The second-order valence-corrected chi connectivity index (χ2v) is 8.20. The number of thioether (sulfide) groups is 1. The van der Waals surface area contributed by atoms with E-state index in [-0.39, 0.29) is 17.2 Å². The molecule has 4 nitrogen and oxygen atoms in total. The number of carbonyl (C=O) groups excluding carboxylic acids is 2. The maximum absolute atomic E-state index is 12.5. The molecule has 1 atom stereocenters. The summed E-state index contributed by atoms with van der Waals surface area (Å²) in [6.45, 7) is 4.34. The monoisotopic (exact) mass is 445 g/mol. The quantitative estimate of drug-likeness (QED) is 0.522. The highest BCUT2D eigenvalue weighted by molar-refractivity contribution is 9.10. The second-order valence-electron chi connectivity index (χ2n) is 6.29. The van der Waals surface area contributed by atoms with Crippen LogP contribution in [0, 0.1) is 0 Å². The van der Waals surface area contributed by atoms with Gasteiger partial charge in [-0.15, -0.1) is 0 Å². The number of rotatable bonds is 6. The molecule has 1 aliphatic heterocycles. The molecule has 1 fully saturated rings. The van der Waals surface area contributed by atoms with E-state index in [0.717, 1.165) is 39.5 Å². The zero-order chi connectivity index (χ0) is 19.4. The SMILES string of the molecule is CC[C@H](C)N1C(=O)S/C(=C/c2ccc(OCc3ccc(Br)cc3)cc2)C1=O. The van der Waals surface area contributed by atoms with E-state index in [9.17, 15) is 9.59 Å². The zero-order valence-electron chi connectivity index (χ0n) is 15.1. The Morgan fingerprint density at radius 1 is 1.11 bits per heavy atom. The number of carbonyl (C=O) groups is 2. The van der Waals surface area contributed by atoms with Crippen molar-refractivity contribution in [2.75, 3.05) is 0 Å². The van der Waals surface area contributed by atoms with Gasteiger partial charge in [0.2, 0.25) is 0 Å². The number of benzene rings is 2. The highest BCUT2D eigenvalue weighted by Crippen LogP contribution is 2.34. The average molecular weight is 446 g/mol. The predicted octanol–water partition coefficient (Wildman–Crippen LogP) is 5.86. The molecule has 0 N–H and O–H groups in total. The van der Waals surface area contributed by atoms with Crippen LogP contribution in [0.5, 0.6) is 5.75 Å². The molecule has 1 saturated heterocycles. The third kappa shape index (κ3) is 4.82. The number of nitrogens with zero attached hydrogens (tertiary/aromatic N) is 1. The average Bonchev–Trinajstić information content (AvgIpc) is 2.95. The van der Waals surface area contributed by atoms with Crippen molar-refractivity contribution < 1.29 is 14.3 Å². The molecule has 2 aromatic rings. The Balaban J connectivity index is 1.65. The van der Waals surface area contributed by atoms with E-state index in [1.807, 2.05) is 62.4 Å². The van der Waals surface area contributed by atoms with Crippen LogP contribution in [0.2, 0.25) is 0 Å². The van der Waals surface area contributed by atoms with Crippen molar-refractivity contribution in [3.8, 4) is 5.75 Å². The minimum absolute atomic E-state index is 0.0854. The zero-order valence-corrected chi connectivity index (χ0v) is 17.5. The van der Waals surface area contributed by atoms with Gasteiger partial charge < -0.3 is 4.74 Å². The number of amides is 2. The van der Waals surface area contributed by atoms with Gasteiger partial charge in [0.1, 0.15) is 12.4 Å². The minimum atomic E-state index is -0.213. The van der Waals surface area contributed by atoms with E-state index < -0.39 is 0 Å². The van der Waals surface area contributed by atoms with Crippen molar-refractivity contribution in [1.82, 2.24) is 4.90 Å². The number of hydrogen-bond acceptors (Lipinski definition) is 4. The molecule has 0 aliphatic carbocycles. The molecule has 140 valence electrons. The number of ether oxygens (including phenoxy) is 1. The molecule has 27 heavy (non-hydrogen) atoms. The lowest BCUT2D eigenvalue weighted by atomic mass is 10.2. The topological polar surface area (TPSA) is 46.6 Å². The summed E-state index contributed by atoms with van der Waals surface area (Å²) in [7, 11) is 0. The molecular weight excluding hydrogens is 426 g/mol. The number of hydrogen-bond donors (Lipinski definition) is 0. The molecular formula is C21H20BrNO3S. The normalized spacial score (nSPS) is 16.9. The van der Waals surface area contributed by atoms with E-state index in [0.29, 0.717) is 11.5 Å². The van der Waals surface area contributed by atoms with E-state index in [1.54, 1.807) is 6.08 Å². The van der Waals surface area contributed by atoms with Gasteiger partial charge in [0.25, 0.3) is 11.1 Å². The summed E-state index contributed by atoms with van der Waals surface area (Å²) in [6.07, 6.45) is 2.50. The molecule has 0 bridgehead atoms. The first kappa shape index (κ1) is 19.7. The Morgan fingerprint density at radius 2 is 1.78 bits per heavy atom.